The molecule has 1 aliphatic rings. The molecule has 2 rings (SSSR count). The van der Waals surface area contributed by atoms with Crippen molar-refractivity contribution < 1.29 is 9.53 Å². The molecule has 1 fully saturated rings. The van der Waals surface area contributed by atoms with Crippen molar-refractivity contribution in [3.8, 4) is 0 Å². The summed E-state index contributed by atoms with van der Waals surface area (Å²) in [5.41, 5.74) is -0.478. The molecule has 0 aliphatic carbocycles. The summed E-state index contributed by atoms with van der Waals surface area (Å²) < 4.78 is 5.48. The van der Waals surface area contributed by atoms with Gasteiger partial charge < -0.3 is 14.5 Å². The van der Waals surface area contributed by atoms with Crippen molar-refractivity contribution in [3.63, 3.8) is 0 Å². The van der Waals surface area contributed by atoms with Gasteiger partial charge in [0.15, 0.2) is 5.13 Å². The summed E-state index contributed by atoms with van der Waals surface area (Å²) in [4.78, 5) is 21.9. The van der Waals surface area contributed by atoms with Crippen molar-refractivity contribution in [1.82, 2.24) is 9.88 Å². The van der Waals surface area contributed by atoms with Gasteiger partial charge in [0, 0.05) is 41.8 Å². The monoisotopic (exact) mass is 383 g/mol. The average Bonchev–Trinajstić information content (AvgIpc) is 2.55. The first-order valence-electron chi connectivity index (χ1n) is 8.36. The number of nitrogens with zero attached hydrogens (tertiary/aromatic N) is 3. The second kappa shape index (κ2) is 8.23. The highest BCUT2D eigenvalue weighted by Crippen LogP contribution is 2.24. The Hall–Kier alpha value is -1.53. The maximum Gasteiger partial charge on any atom is 0.410 e. The van der Waals surface area contributed by atoms with E-state index < -0.39 is 5.60 Å². The SMILES string of the molecule is Cc1cc(Cl)cccnc(N2CCN(C(=O)OC(C)(C)C)C[C@@H]2C)s1. The lowest BCUT2D eigenvalue weighted by molar-refractivity contribution is 0.0219. The van der Waals surface area contributed by atoms with E-state index in [9.17, 15) is 4.79 Å². The van der Waals surface area contributed by atoms with Gasteiger partial charge in [0.05, 0.1) is 0 Å². The van der Waals surface area contributed by atoms with Gasteiger partial charge in [-0.25, -0.2) is 9.78 Å². The molecule has 0 saturated carbocycles. The maximum atomic E-state index is 12.3. The number of piperazine rings is 1. The Balaban J connectivity index is 2.17. The van der Waals surface area contributed by atoms with E-state index in [0.717, 1.165) is 10.0 Å². The van der Waals surface area contributed by atoms with Gasteiger partial charge in [-0.2, -0.15) is 0 Å². The largest absolute Gasteiger partial charge is 0.444 e. The van der Waals surface area contributed by atoms with E-state index in [4.69, 9.17) is 16.3 Å². The molecule has 7 heteroatoms. The van der Waals surface area contributed by atoms with E-state index in [1.54, 1.807) is 22.4 Å². The number of amides is 1. The van der Waals surface area contributed by atoms with Crippen LogP contribution in [-0.4, -0.2) is 47.3 Å². The normalized spacial score (nSPS) is 17.9. The number of carbonyl (C=O) groups excluding carboxylic acids is 1. The van der Waals surface area contributed by atoms with Crippen molar-refractivity contribution in [3.05, 3.63) is 34.3 Å². The first kappa shape index (κ1) is 19.8. The van der Waals surface area contributed by atoms with Gasteiger partial charge in [0.25, 0.3) is 0 Å². The van der Waals surface area contributed by atoms with E-state index >= 15 is 0 Å². The van der Waals surface area contributed by atoms with Crippen LogP contribution in [0.15, 0.2) is 24.4 Å². The van der Waals surface area contributed by atoms with Gasteiger partial charge in [0.2, 0.25) is 0 Å². The molecule has 0 radical (unpaired) electrons. The molecule has 1 saturated heterocycles. The molecule has 0 unspecified atom stereocenters. The Kier molecular flexibility index (Phi) is 6.52. The van der Waals surface area contributed by atoms with Crippen molar-refractivity contribution >= 4 is 34.2 Å². The number of aryl methyl sites for hydroxylation is 1. The highest BCUT2D eigenvalue weighted by Gasteiger charge is 2.30. The molecule has 1 aromatic heterocycles. The molecule has 0 N–H and O–H groups in total. The van der Waals surface area contributed by atoms with Gasteiger partial charge >= 0.3 is 6.09 Å². The third-order valence-corrected chi connectivity index (χ3v) is 4.84. The predicted octanol–water partition coefficient (Wildman–Crippen LogP) is 4.67. The van der Waals surface area contributed by atoms with E-state index in [2.05, 4.69) is 16.8 Å². The number of aromatic nitrogens is 1. The topological polar surface area (TPSA) is 45.7 Å². The molecule has 0 bridgehead atoms. The zero-order valence-corrected chi connectivity index (χ0v) is 17.0. The Bertz CT molecular complexity index is 671. The van der Waals surface area contributed by atoms with Gasteiger partial charge in [-0.3, -0.25) is 0 Å². The molecule has 1 amide bonds. The van der Waals surface area contributed by atoms with Crippen LogP contribution < -0.4 is 4.90 Å². The smallest absolute Gasteiger partial charge is 0.410 e. The molecule has 138 valence electrons. The number of hydrogen-bond donors (Lipinski definition) is 0. The van der Waals surface area contributed by atoms with Crippen LogP contribution in [0.5, 0.6) is 0 Å². The predicted molar refractivity (Wildman–Crippen MR) is 104 cm³/mol. The highest BCUT2D eigenvalue weighted by molar-refractivity contribution is 7.15. The minimum Gasteiger partial charge on any atom is -0.444 e. The Morgan fingerprint density at radius 3 is 2.76 bits per heavy atom. The number of rotatable bonds is 1. The Morgan fingerprint density at radius 2 is 2.12 bits per heavy atom. The van der Waals surface area contributed by atoms with Crippen LogP contribution in [0.3, 0.4) is 0 Å². The fourth-order valence-corrected chi connectivity index (χ4v) is 3.83. The third kappa shape index (κ3) is 6.04. The summed E-state index contributed by atoms with van der Waals surface area (Å²) >= 11 is 7.72. The zero-order valence-electron chi connectivity index (χ0n) is 15.5. The third-order valence-electron chi connectivity index (χ3n) is 3.64. The lowest BCUT2D eigenvalue weighted by atomic mass is 10.2. The van der Waals surface area contributed by atoms with Crippen molar-refractivity contribution in [2.75, 3.05) is 24.5 Å². The highest BCUT2D eigenvalue weighted by atomic mass is 35.5. The first-order valence-corrected chi connectivity index (χ1v) is 9.56. The van der Waals surface area contributed by atoms with Crippen molar-refractivity contribution in [2.45, 2.75) is 46.3 Å². The van der Waals surface area contributed by atoms with E-state index in [1.165, 1.54) is 0 Å². The fraction of sp³-hybridized carbons (Fsp3) is 0.556. The molecule has 5 nitrogen and oxygen atoms in total. The summed E-state index contributed by atoms with van der Waals surface area (Å²) in [5, 5.41) is 1.60. The number of halogens is 1. The lowest BCUT2D eigenvalue weighted by Crippen LogP contribution is -2.54. The van der Waals surface area contributed by atoms with Crippen LogP contribution in [0, 0.1) is 6.92 Å². The van der Waals surface area contributed by atoms with Crippen LogP contribution in [0.2, 0.25) is 5.02 Å². The molecule has 1 aromatic rings. The molecule has 25 heavy (non-hydrogen) atoms. The summed E-state index contributed by atoms with van der Waals surface area (Å²) in [6.45, 7) is 11.7. The van der Waals surface area contributed by atoms with Crippen LogP contribution in [0.25, 0.3) is 0 Å². The van der Waals surface area contributed by atoms with Gasteiger partial charge in [-0.1, -0.05) is 11.6 Å². The molecular formula is C18H26ClN3O2S. The van der Waals surface area contributed by atoms with Gasteiger partial charge in [-0.05, 0) is 52.8 Å². The van der Waals surface area contributed by atoms with Crippen molar-refractivity contribution in [2.24, 2.45) is 0 Å². The second-order valence-electron chi connectivity index (χ2n) is 7.13. The number of anilines is 1. The lowest BCUT2D eigenvalue weighted by Gasteiger charge is -2.40. The quantitative estimate of drug-likeness (QED) is 0.706. The maximum absolute atomic E-state index is 12.3. The van der Waals surface area contributed by atoms with Crippen LogP contribution in [0.1, 0.15) is 32.6 Å². The average molecular weight is 384 g/mol. The fourth-order valence-electron chi connectivity index (χ4n) is 2.55. The second-order valence-corrected chi connectivity index (χ2v) is 8.78. The van der Waals surface area contributed by atoms with Crippen LogP contribution in [0.4, 0.5) is 9.93 Å². The number of carbonyl (C=O) groups is 1. The first-order chi connectivity index (χ1) is 11.7. The van der Waals surface area contributed by atoms with E-state index in [1.807, 2.05) is 45.9 Å². The van der Waals surface area contributed by atoms with Crippen molar-refractivity contribution in [1.29, 1.82) is 0 Å². The summed E-state index contributed by atoms with van der Waals surface area (Å²) in [7, 11) is 0. The molecule has 1 atom stereocenters. The summed E-state index contributed by atoms with van der Waals surface area (Å²) in [6.07, 6.45) is 1.50. The van der Waals surface area contributed by atoms with E-state index in [-0.39, 0.29) is 12.1 Å². The molecule has 2 heterocycles. The minimum absolute atomic E-state index is 0.151. The van der Waals surface area contributed by atoms with Gasteiger partial charge in [-0.15, -0.1) is 11.3 Å². The number of ether oxygens (including phenoxy) is 1. The number of hydrogen-bond acceptors (Lipinski definition) is 5. The summed E-state index contributed by atoms with van der Waals surface area (Å²) in [5.74, 6) is 0. The Morgan fingerprint density at radius 1 is 1.40 bits per heavy atom. The zero-order chi connectivity index (χ0) is 18.6. The molecule has 1 aliphatic heterocycles. The molecular weight excluding hydrogens is 358 g/mol. The van der Waals surface area contributed by atoms with Crippen LogP contribution >= 0.6 is 22.9 Å². The minimum atomic E-state index is -0.478. The Labute approximate surface area is 158 Å². The van der Waals surface area contributed by atoms with Crippen LogP contribution in [-0.2, 0) is 4.74 Å². The summed E-state index contributed by atoms with van der Waals surface area (Å²) in [6, 6.07) is 5.73. The standard InChI is InChI=1S/C18H26ClN3O2S/c1-13-12-21(17(23)24-18(3,4)5)9-10-22(13)16-20-8-6-7-15(19)11-14(2)25-16/h6-8,11,13H,9-10,12H2,1-5H3/t13-/m0/s1. The van der Waals surface area contributed by atoms with E-state index in [0.29, 0.717) is 24.7 Å². The molecule has 0 aromatic carbocycles. The van der Waals surface area contributed by atoms with Gasteiger partial charge in [0.1, 0.15) is 5.60 Å². The molecule has 0 spiro atoms.